The van der Waals surface area contributed by atoms with E-state index in [1.165, 1.54) is 0 Å². The minimum atomic E-state index is 0.0260. The minimum absolute atomic E-state index is 0.0260. The predicted molar refractivity (Wildman–Crippen MR) is 56.9 cm³/mol. The third-order valence-corrected chi connectivity index (χ3v) is 2.18. The van der Waals surface area contributed by atoms with Crippen LogP contribution in [0.4, 0.5) is 5.69 Å². The van der Waals surface area contributed by atoms with Gasteiger partial charge in [0, 0.05) is 22.3 Å². The van der Waals surface area contributed by atoms with Crippen LogP contribution in [0, 0.1) is 5.41 Å². The quantitative estimate of drug-likeness (QED) is 0.407. The molecule has 72 valence electrons. The maximum Gasteiger partial charge on any atom is 0.198 e. The van der Waals surface area contributed by atoms with E-state index >= 15 is 0 Å². The Labute approximate surface area is 80.9 Å². The number of H-pyrrole nitrogens is 1. The molecule has 2 aromatic rings. The van der Waals surface area contributed by atoms with Crippen LogP contribution >= 0.6 is 0 Å². The molecule has 0 aliphatic carbocycles. The van der Waals surface area contributed by atoms with E-state index in [2.05, 4.69) is 4.98 Å². The van der Waals surface area contributed by atoms with Crippen molar-refractivity contribution in [3.8, 4) is 5.88 Å². The molecule has 1 aromatic heterocycles. The summed E-state index contributed by atoms with van der Waals surface area (Å²) in [5, 5.41) is 17.9. The van der Waals surface area contributed by atoms with Gasteiger partial charge in [-0.25, -0.2) is 0 Å². The first kappa shape index (κ1) is 8.62. The molecule has 0 bridgehead atoms. The van der Waals surface area contributed by atoms with Crippen LogP contribution in [-0.4, -0.2) is 15.8 Å². The summed E-state index contributed by atoms with van der Waals surface area (Å²) in [5.41, 5.74) is 7.89. The zero-order valence-corrected chi connectivity index (χ0v) is 7.76. The summed E-state index contributed by atoms with van der Waals surface area (Å²) in [4.78, 5) is 2.79. The maximum atomic E-state index is 9.56. The highest BCUT2D eigenvalue weighted by molar-refractivity contribution is 6.10. The first-order valence-corrected chi connectivity index (χ1v) is 4.25. The van der Waals surface area contributed by atoms with Gasteiger partial charge in [-0.1, -0.05) is 0 Å². The number of rotatable bonds is 1. The molecule has 0 spiro atoms. The lowest BCUT2D eigenvalue weighted by Crippen LogP contribution is -1.91. The Kier molecular flexibility index (Phi) is 1.70. The van der Waals surface area contributed by atoms with Gasteiger partial charge in [-0.3, -0.25) is 0 Å². The monoisotopic (exact) mass is 189 g/mol. The molecule has 4 nitrogen and oxygen atoms in total. The molecule has 0 saturated heterocycles. The lowest BCUT2D eigenvalue weighted by molar-refractivity contribution is 0.457. The topological polar surface area (TPSA) is 85.9 Å². The number of aromatic amines is 1. The number of hydrogen-bond acceptors (Lipinski definition) is 3. The molecule has 1 aromatic carbocycles. The summed E-state index contributed by atoms with van der Waals surface area (Å²) in [6.45, 7) is 1.63. The summed E-state index contributed by atoms with van der Waals surface area (Å²) < 4.78 is 0. The average Bonchev–Trinajstić information content (AvgIpc) is 2.40. The van der Waals surface area contributed by atoms with Crippen LogP contribution in [0.5, 0.6) is 5.88 Å². The molecule has 5 N–H and O–H groups in total. The molecule has 14 heavy (non-hydrogen) atoms. The van der Waals surface area contributed by atoms with Crippen molar-refractivity contribution >= 4 is 22.3 Å². The summed E-state index contributed by atoms with van der Waals surface area (Å²) in [5.74, 6) is 0.0260. The zero-order chi connectivity index (χ0) is 10.3. The number of fused-ring (bicyclic) bond motifs is 1. The molecule has 2 rings (SSSR count). The Morgan fingerprint density at radius 1 is 1.50 bits per heavy atom. The number of nitrogen functional groups attached to an aromatic ring is 1. The Morgan fingerprint density at radius 3 is 2.86 bits per heavy atom. The van der Waals surface area contributed by atoms with Gasteiger partial charge in [0.05, 0.1) is 5.56 Å². The standard InChI is InChI=1S/C10H11N3O/c1-5(11)9-7-4-6(12)2-3-8(7)13-10(9)14/h2-4,11,13-14H,12H2,1H3. The fourth-order valence-corrected chi connectivity index (χ4v) is 1.57. The number of nitrogens with one attached hydrogen (secondary N) is 2. The van der Waals surface area contributed by atoms with Crippen LogP contribution < -0.4 is 5.73 Å². The fraction of sp³-hybridized carbons (Fsp3) is 0.100. The van der Waals surface area contributed by atoms with Crippen molar-refractivity contribution in [2.45, 2.75) is 6.92 Å². The summed E-state index contributed by atoms with van der Waals surface area (Å²) >= 11 is 0. The van der Waals surface area contributed by atoms with Crippen molar-refractivity contribution in [3.05, 3.63) is 23.8 Å². The third-order valence-electron chi connectivity index (χ3n) is 2.18. The van der Waals surface area contributed by atoms with Crippen LogP contribution in [0.25, 0.3) is 10.9 Å². The Hall–Kier alpha value is -1.97. The second-order valence-corrected chi connectivity index (χ2v) is 3.28. The van der Waals surface area contributed by atoms with E-state index in [-0.39, 0.29) is 5.88 Å². The predicted octanol–water partition coefficient (Wildman–Crippen LogP) is 1.84. The average molecular weight is 189 g/mol. The van der Waals surface area contributed by atoms with Gasteiger partial charge in [0.15, 0.2) is 5.88 Å². The smallest absolute Gasteiger partial charge is 0.198 e. The lowest BCUT2D eigenvalue weighted by Gasteiger charge is -1.97. The Bertz CT molecular complexity index is 513. The van der Waals surface area contributed by atoms with E-state index in [0.717, 1.165) is 10.9 Å². The van der Waals surface area contributed by atoms with E-state index < -0.39 is 0 Å². The largest absolute Gasteiger partial charge is 0.494 e. The van der Waals surface area contributed by atoms with E-state index in [1.54, 1.807) is 25.1 Å². The molecule has 0 amide bonds. The van der Waals surface area contributed by atoms with Crippen molar-refractivity contribution in [1.82, 2.24) is 4.98 Å². The molecule has 0 atom stereocenters. The van der Waals surface area contributed by atoms with Crippen molar-refractivity contribution in [1.29, 1.82) is 5.41 Å². The molecule has 0 fully saturated rings. The lowest BCUT2D eigenvalue weighted by atomic mass is 10.1. The van der Waals surface area contributed by atoms with Gasteiger partial charge < -0.3 is 21.2 Å². The summed E-state index contributed by atoms with van der Waals surface area (Å²) in [6.07, 6.45) is 0. The highest BCUT2D eigenvalue weighted by Crippen LogP contribution is 2.28. The molecule has 0 radical (unpaired) electrons. The highest BCUT2D eigenvalue weighted by Gasteiger charge is 2.11. The van der Waals surface area contributed by atoms with Gasteiger partial charge in [0.2, 0.25) is 0 Å². The summed E-state index contributed by atoms with van der Waals surface area (Å²) in [7, 11) is 0. The first-order chi connectivity index (χ1) is 6.59. The number of aromatic nitrogens is 1. The highest BCUT2D eigenvalue weighted by atomic mass is 16.3. The zero-order valence-electron chi connectivity index (χ0n) is 7.76. The minimum Gasteiger partial charge on any atom is -0.494 e. The number of aromatic hydroxyl groups is 1. The Morgan fingerprint density at radius 2 is 2.21 bits per heavy atom. The second-order valence-electron chi connectivity index (χ2n) is 3.28. The second kappa shape index (κ2) is 2.77. The molecular weight excluding hydrogens is 178 g/mol. The van der Waals surface area contributed by atoms with Crippen LogP contribution in [-0.2, 0) is 0 Å². The van der Waals surface area contributed by atoms with Gasteiger partial charge in [-0.05, 0) is 25.1 Å². The van der Waals surface area contributed by atoms with Crippen molar-refractivity contribution in [2.75, 3.05) is 5.73 Å². The first-order valence-electron chi connectivity index (χ1n) is 4.25. The van der Waals surface area contributed by atoms with Crippen molar-refractivity contribution in [3.63, 3.8) is 0 Å². The molecule has 0 saturated carbocycles. The van der Waals surface area contributed by atoms with Crippen LogP contribution in [0.15, 0.2) is 18.2 Å². The fourth-order valence-electron chi connectivity index (χ4n) is 1.57. The van der Waals surface area contributed by atoms with Crippen molar-refractivity contribution < 1.29 is 5.11 Å². The van der Waals surface area contributed by atoms with Crippen LogP contribution in [0.1, 0.15) is 12.5 Å². The third kappa shape index (κ3) is 1.12. The Balaban J connectivity index is 2.86. The number of hydrogen-bond donors (Lipinski definition) is 4. The number of benzene rings is 1. The maximum absolute atomic E-state index is 9.56. The van der Waals surface area contributed by atoms with Crippen LogP contribution in [0.2, 0.25) is 0 Å². The van der Waals surface area contributed by atoms with E-state index in [1.807, 2.05) is 0 Å². The van der Waals surface area contributed by atoms with E-state index in [4.69, 9.17) is 11.1 Å². The van der Waals surface area contributed by atoms with E-state index in [0.29, 0.717) is 17.0 Å². The normalized spacial score (nSPS) is 10.6. The molecule has 0 aliphatic heterocycles. The van der Waals surface area contributed by atoms with Gasteiger partial charge >= 0.3 is 0 Å². The van der Waals surface area contributed by atoms with Crippen molar-refractivity contribution in [2.24, 2.45) is 0 Å². The summed E-state index contributed by atoms with van der Waals surface area (Å²) in [6, 6.07) is 5.29. The van der Waals surface area contributed by atoms with Gasteiger partial charge in [-0.15, -0.1) is 0 Å². The molecule has 0 unspecified atom stereocenters. The number of anilines is 1. The molecular formula is C10H11N3O. The van der Waals surface area contributed by atoms with Gasteiger partial charge in [0.25, 0.3) is 0 Å². The van der Waals surface area contributed by atoms with Gasteiger partial charge in [-0.2, -0.15) is 0 Å². The van der Waals surface area contributed by atoms with Gasteiger partial charge in [0.1, 0.15) is 0 Å². The van der Waals surface area contributed by atoms with E-state index in [9.17, 15) is 5.11 Å². The molecule has 4 heteroatoms. The van der Waals surface area contributed by atoms with Crippen LogP contribution in [0.3, 0.4) is 0 Å². The molecule has 1 heterocycles. The molecule has 0 aliphatic rings. The number of nitrogens with two attached hydrogens (primary N) is 1. The SMILES string of the molecule is CC(=N)c1c(O)[nH]c2ccc(N)cc12.